The van der Waals surface area contributed by atoms with Gasteiger partial charge in [-0.1, -0.05) is 6.92 Å². The van der Waals surface area contributed by atoms with Crippen molar-refractivity contribution < 1.29 is 0 Å². The maximum Gasteiger partial charge on any atom is 0.0892 e. The predicted molar refractivity (Wildman–Crippen MR) is 55.7 cm³/mol. The van der Waals surface area contributed by atoms with Crippen molar-refractivity contribution in [1.82, 2.24) is 5.32 Å². The van der Waals surface area contributed by atoms with E-state index in [-0.39, 0.29) is 12.4 Å². The summed E-state index contributed by atoms with van der Waals surface area (Å²) in [5, 5.41) is 3.22. The molecule has 0 saturated carbocycles. The summed E-state index contributed by atoms with van der Waals surface area (Å²) in [5.41, 5.74) is 0. The first-order valence-electron chi connectivity index (χ1n) is 4.20. The van der Waals surface area contributed by atoms with Crippen molar-refractivity contribution in [2.24, 2.45) is 9.98 Å². The fourth-order valence-electron chi connectivity index (χ4n) is 0.631. The molecule has 0 aromatic heterocycles. The van der Waals surface area contributed by atoms with Crippen LogP contribution in [0.5, 0.6) is 0 Å². The van der Waals surface area contributed by atoms with E-state index in [0.717, 1.165) is 32.6 Å². The van der Waals surface area contributed by atoms with Crippen LogP contribution < -0.4 is 5.32 Å². The van der Waals surface area contributed by atoms with Crippen molar-refractivity contribution in [2.75, 3.05) is 26.2 Å². The number of hydrogen-bond acceptors (Lipinski definition) is 3. The summed E-state index contributed by atoms with van der Waals surface area (Å²) >= 11 is 0. The average Bonchev–Trinajstić information content (AvgIpc) is 2.03. The van der Waals surface area contributed by atoms with Crippen LogP contribution in [-0.2, 0) is 0 Å². The highest BCUT2D eigenvalue weighted by Crippen LogP contribution is 1.76. The van der Waals surface area contributed by atoms with E-state index in [0.29, 0.717) is 0 Å². The second-order valence-corrected chi connectivity index (χ2v) is 2.16. The van der Waals surface area contributed by atoms with Crippen LogP contribution in [0, 0.1) is 0 Å². The molecule has 0 radical (unpaired) electrons. The Hall–Kier alpha value is -0.370. The number of aliphatic imine (C=N–C) groups is 2. The lowest BCUT2D eigenvalue weighted by Crippen LogP contribution is -2.14. The van der Waals surface area contributed by atoms with Crippen molar-refractivity contribution in [2.45, 2.75) is 20.3 Å². The van der Waals surface area contributed by atoms with Gasteiger partial charge in [0.05, 0.1) is 12.6 Å². The van der Waals surface area contributed by atoms with Crippen LogP contribution in [0.4, 0.5) is 0 Å². The van der Waals surface area contributed by atoms with Gasteiger partial charge in [-0.15, -0.1) is 12.4 Å². The summed E-state index contributed by atoms with van der Waals surface area (Å²) in [5.74, 6) is 0. The topological polar surface area (TPSA) is 36.8 Å². The molecule has 0 rings (SSSR count). The van der Waals surface area contributed by atoms with Crippen molar-refractivity contribution >= 4 is 18.4 Å². The first-order valence-corrected chi connectivity index (χ1v) is 4.20. The molecule has 0 aliphatic carbocycles. The van der Waals surface area contributed by atoms with Gasteiger partial charge in [-0.25, -0.2) is 9.98 Å². The second-order valence-electron chi connectivity index (χ2n) is 2.16. The Morgan fingerprint density at radius 1 is 1.25 bits per heavy atom. The van der Waals surface area contributed by atoms with Gasteiger partial charge in [0.1, 0.15) is 0 Å². The minimum absolute atomic E-state index is 0. The third-order valence-corrected chi connectivity index (χ3v) is 1.17. The highest BCUT2D eigenvalue weighted by atomic mass is 35.5. The molecule has 0 spiro atoms. The Labute approximate surface area is 80.8 Å². The molecular weight excluding hydrogens is 174 g/mol. The van der Waals surface area contributed by atoms with Gasteiger partial charge in [0, 0.05) is 6.54 Å². The summed E-state index contributed by atoms with van der Waals surface area (Å²) in [6.07, 6.45) is 1.07. The Balaban J connectivity index is 0. The highest BCUT2D eigenvalue weighted by molar-refractivity contribution is 5.85. The second kappa shape index (κ2) is 13.2. The molecule has 0 aliphatic rings. The maximum absolute atomic E-state index is 3.98. The Kier molecular flexibility index (Phi) is 15.6. The van der Waals surface area contributed by atoms with Crippen molar-refractivity contribution in [3.05, 3.63) is 0 Å². The van der Waals surface area contributed by atoms with E-state index in [1.54, 1.807) is 0 Å². The molecule has 4 heteroatoms. The fraction of sp³-hybridized carbons (Fsp3) is 0.875. The maximum atomic E-state index is 3.98. The molecule has 0 saturated heterocycles. The zero-order valence-corrected chi connectivity index (χ0v) is 8.65. The fourth-order valence-corrected chi connectivity index (χ4v) is 0.631. The van der Waals surface area contributed by atoms with Gasteiger partial charge in [0.2, 0.25) is 0 Å². The lowest BCUT2D eigenvalue weighted by molar-refractivity contribution is 0.680. The van der Waals surface area contributed by atoms with Gasteiger partial charge in [-0.2, -0.15) is 0 Å². The van der Waals surface area contributed by atoms with E-state index < -0.39 is 0 Å². The van der Waals surface area contributed by atoms with Gasteiger partial charge < -0.3 is 5.32 Å². The molecule has 0 aromatic carbocycles. The third kappa shape index (κ3) is 12.3. The van der Waals surface area contributed by atoms with E-state index in [2.05, 4.69) is 28.2 Å². The van der Waals surface area contributed by atoms with Crippen LogP contribution in [0.2, 0.25) is 0 Å². The van der Waals surface area contributed by atoms with E-state index in [1.165, 1.54) is 0 Å². The smallest absolute Gasteiger partial charge is 0.0892 e. The first-order chi connectivity index (χ1) is 5.41. The molecule has 3 nitrogen and oxygen atoms in total. The molecule has 0 bridgehead atoms. The van der Waals surface area contributed by atoms with Gasteiger partial charge in [-0.05, 0) is 26.4 Å². The molecule has 0 heterocycles. The number of rotatable bonds is 6. The normalized spacial score (nSPS) is 8.17. The van der Waals surface area contributed by atoms with Crippen LogP contribution in [0.1, 0.15) is 20.3 Å². The molecular formula is C8H18ClN3. The Morgan fingerprint density at radius 3 is 2.58 bits per heavy atom. The van der Waals surface area contributed by atoms with E-state index in [4.69, 9.17) is 0 Å². The zero-order chi connectivity index (χ0) is 8.36. The number of nitrogens with one attached hydrogen (secondary N) is 1. The van der Waals surface area contributed by atoms with Crippen LogP contribution >= 0.6 is 12.4 Å². The van der Waals surface area contributed by atoms with Gasteiger partial charge in [0.25, 0.3) is 0 Å². The molecule has 72 valence electrons. The van der Waals surface area contributed by atoms with Gasteiger partial charge >= 0.3 is 0 Å². The van der Waals surface area contributed by atoms with Crippen molar-refractivity contribution in [1.29, 1.82) is 0 Å². The Morgan fingerprint density at radius 2 is 2.00 bits per heavy atom. The molecule has 0 aromatic rings. The monoisotopic (exact) mass is 191 g/mol. The summed E-state index contributed by atoms with van der Waals surface area (Å²) in [6, 6.07) is 2.63. The summed E-state index contributed by atoms with van der Waals surface area (Å²) < 4.78 is 0. The highest BCUT2D eigenvalue weighted by Gasteiger charge is 1.81. The van der Waals surface area contributed by atoms with Gasteiger partial charge in [0.15, 0.2) is 0 Å². The van der Waals surface area contributed by atoms with Gasteiger partial charge in [-0.3, -0.25) is 0 Å². The summed E-state index contributed by atoms with van der Waals surface area (Å²) in [6.45, 7) is 7.75. The molecule has 0 aliphatic heterocycles. The number of hydrogen-bond donors (Lipinski definition) is 1. The van der Waals surface area contributed by atoms with E-state index in [9.17, 15) is 0 Å². The number of nitrogens with zero attached hydrogens (tertiary/aromatic N) is 2. The lowest BCUT2D eigenvalue weighted by atomic mass is 10.4. The number of halogens is 1. The summed E-state index contributed by atoms with van der Waals surface area (Å²) in [4.78, 5) is 7.83. The average molecular weight is 192 g/mol. The van der Waals surface area contributed by atoms with Crippen LogP contribution in [-0.4, -0.2) is 32.2 Å². The van der Waals surface area contributed by atoms with Crippen LogP contribution in [0.15, 0.2) is 9.98 Å². The summed E-state index contributed by atoms with van der Waals surface area (Å²) in [7, 11) is 0. The molecule has 0 unspecified atom stereocenters. The molecule has 0 atom stereocenters. The molecule has 0 fully saturated rings. The van der Waals surface area contributed by atoms with Crippen molar-refractivity contribution in [3.8, 4) is 0 Å². The van der Waals surface area contributed by atoms with Crippen LogP contribution in [0.3, 0.4) is 0 Å². The standard InChI is InChI=1S/C8H17N3.ClH/c1-3-9-6-5-7-11-8-10-4-2;/h9H,3-7H2,1-2H3;1H. The quantitative estimate of drug-likeness (QED) is 0.503. The zero-order valence-electron chi connectivity index (χ0n) is 7.84. The molecule has 12 heavy (non-hydrogen) atoms. The predicted octanol–water partition coefficient (Wildman–Crippen LogP) is 1.60. The molecule has 0 amide bonds. The minimum Gasteiger partial charge on any atom is -0.317 e. The third-order valence-electron chi connectivity index (χ3n) is 1.17. The molecule has 1 N–H and O–H groups in total. The minimum atomic E-state index is 0. The lowest BCUT2D eigenvalue weighted by Gasteiger charge is -1.95. The van der Waals surface area contributed by atoms with Crippen molar-refractivity contribution in [3.63, 3.8) is 0 Å². The van der Waals surface area contributed by atoms with E-state index in [1.807, 2.05) is 6.92 Å². The first kappa shape index (κ1) is 14.2. The Bertz CT molecular complexity index is 130. The van der Waals surface area contributed by atoms with Crippen LogP contribution in [0.25, 0.3) is 0 Å². The largest absolute Gasteiger partial charge is 0.317 e. The van der Waals surface area contributed by atoms with E-state index >= 15 is 0 Å². The SMILES string of the molecule is CCN=C=NCCCNCC.Cl.